The quantitative estimate of drug-likeness (QED) is 0.772. The van der Waals surface area contributed by atoms with E-state index in [9.17, 15) is 0 Å². The van der Waals surface area contributed by atoms with E-state index in [2.05, 4.69) is 17.2 Å². The smallest absolute Gasteiger partial charge is 0.255 e. The van der Waals surface area contributed by atoms with Crippen LogP contribution in [0, 0.1) is 0 Å². The number of oxazole rings is 1. The first-order chi connectivity index (χ1) is 7.84. The molecule has 2 unspecified atom stereocenters. The molecule has 16 heavy (non-hydrogen) atoms. The lowest BCUT2D eigenvalue weighted by atomic mass is 10.2. The lowest BCUT2D eigenvalue weighted by Crippen LogP contribution is -2.30. The lowest BCUT2D eigenvalue weighted by molar-refractivity contribution is 0.110. The van der Waals surface area contributed by atoms with Gasteiger partial charge in [0, 0.05) is 24.9 Å². The van der Waals surface area contributed by atoms with Crippen molar-refractivity contribution < 1.29 is 9.15 Å². The Kier molecular flexibility index (Phi) is 4.69. The lowest BCUT2D eigenvalue weighted by Gasteiger charge is -2.13. The summed E-state index contributed by atoms with van der Waals surface area (Å²) in [6, 6.07) is 0. The second-order valence-corrected chi connectivity index (χ2v) is 5.41. The van der Waals surface area contributed by atoms with Gasteiger partial charge in [-0.05, 0) is 12.8 Å². The van der Waals surface area contributed by atoms with Crippen LogP contribution in [0.2, 0.25) is 0 Å². The van der Waals surface area contributed by atoms with Gasteiger partial charge in [-0.1, -0.05) is 18.7 Å². The van der Waals surface area contributed by atoms with Crippen LogP contribution in [-0.2, 0) is 4.74 Å². The van der Waals surface area contributed by atoms with Crippen molar-refractivity contribution in [1.29, 1.82) is 0 Å². The highest BCUT2D eigenvalue weighted by atomic mass is 32.2. The number of thioether (sulfide) groups is 1. The van der Waals surface area contributed by atoms with Crippen molar-refractivity contribution in [2.75, 3.05) is 19.7 Å². The molecule has 1 saturated heterocycles. The van der Waals surface area contributed by atoms with Gasteiger partial charge < -0.3 is 14.5 Å². The predicted octanol–water partition coefficient (Wildman–Crippen LogP) is 1.92. The summed E-state index contributed by atoms with van der Waals surface area (Å²) in [5.74, 6) is 0. The molecular formula is C11H18N2O2S. The van der Waals surface area contributed by atoms with Crippen molar-refractivity contribution in [3.8, 4) is 0 Å². The highest BCUT2D eigenvalue weighted by molar-refractivity contribution is 7.99. The Bertz CT molecular complexity index is 286. The van der Waals surface area contributed by atoms with Gasteiger partial charge in [-0.15, -0.1) is 0 Å². The van der Waals surface area contributed by atoms with Crippen molar-refractivity contribution in [2.45, 2.75) is 36.3 Å². The van der Waals surface area contributed by atoms with Crippen LogP contribution in [0.4, 0.5) is 0 Å². The highest BCUT2D eigenvalue weighted by Crippen LogP contribution is 2.20. The van der Waals surface area contributed by atoms with Gasteiger partial charge in [0.15, 0.2) is 0 Å². The minimum absolute atomic E-state index is 0.416. The molecule has 5 heteroatoms. The fraction of sp³-hybridized carbons (Fsp3) is 0.727. The average Bonchev–Trinajstić information content (AvgIpc) is 2.90. The summed E-state index contributed by atoms with van der Waals surface area (Å²) in [5, 5.41) is 4.62. The average molecular weight is 242 g/mol. The van der Waals surface area contributed by atoms with Crippen LogP contribution < -0.4 is 5.32 Å². The molecule has 1 N–H and O–H groups in total. The van der Waals surface area contributed by atoms with Gasteiger partial charge in [0.2, 0.25) is 0 Å². The highest BCUT2D eigenvalue weighted by Gasteiger charge is 2.15. The van der Waals surface area contributed by atoms with Crippen LogP contribution in [0.1, 0.15) is 19.8 Å². The maximum Gasteiger partial charge on any atom is 0.255 e. The zero-order valence-corrected chi connectivity index (χ0v) is 10.3. The third-order valence-electron chi connectivity index (χ3n) is 2.54. The number of nitrogens with zero attached hydrogens (tertiary/aromatic N) is 1. The summed E-state index contributed by atoms with van der Waals surface area (Å²) >= 11 is 1.65. The molecule has 2 atom stereocenters. The van der Waals surface area contributed by atoms with Crippen LogP contribution in [0.15, 0.2) is 22.1 Å². The molecule has 1 aromatic heterocycles. The molecule has 0 bridgehead atoms. The van der Waals surface area contributed by atoms with Crippen LogP contribution in [0.3, 0.4) is 0 Å². The fourth-order valence-corrected chi connectivity index (χ4v) is 2.51. The van der Waals surface area contributed by atoms with E-state index in [4.69, 9.17) is 9.15 Å². The first kappa shape index (κ1) is 12.0. The second-order valence-electron chi connectivity index (χ2n) is 4.02. The standard InChI is InChI=1S/C11H18N2O2S/c1-9(16-11-13-4-6-15-11)7-12-8-10-3-2-5-14-10/h4,6,9-10,12H,2-3,5,7-8H2,1H3. The Morgan fingerprint density at radius 3 is 3.31 bits per heavy atom. The molecule has 1 aliphatic rings. The van der Waals surface area contributed by atoms with Crippen molar-refractivity contribution in [1.82, 2.24) is 10.3 Å². The molecule has 1 aliphatic heterocycles. The molecule has 2 rings (SSSR count). The Morgan fingerprint density at radius 1 is 1.69 bits per heavy atom. The third kappa shape index (κ3) is 3.81. The zero-order valence-electron chi connectivity index (χ0n) is 9.52. The Hall–Kier alpha value is -0.520. The summed E-state index contributed by atoms with van der Waals surface area (Å²) in [4.78, 5) is 4.09. The number of ether oxygens (including phenoxy) is 1. The molecule has 0 aliphatic carbocycles. The molecule has 2 heterocycles. The first-order valence-corrected chi connectivity index (χ1v) is 6.61. The van der Waals surface area contributed by atoms with E-state index in [1.54, 1.807) is 24.2 Å². The maximum atomic E-state index is 5.54. The normalized spacial score (nSPS) is 22.4. The van der Waals surface area contributed by atoms with E-state index in [-0.39, 0.29) is 0 Å². The fourth-order valence-electron chi connectivity index (χ4n) is 1.74. The molecule has 0 aromatic carbocycles. The van der Waals surface area contributed by atoms with Gasteiger partial charge in [0.1, 0.15) is 6.26 Å². The van der Waals surface area contributed by atoms with Gasteiger partial charge in [0.05, 0.1) is 12.3 Å². The molecule has 90 valence electrons. The van der Waals surface area contributed by atoms with Crippen LogP contribution in [0.25, 0.3) is 0 Å². The Balaban J connectivity index is 1.58. The van der Waals surface area contributed by atoms with Crippen molar-refractivity contribution >= 4 is 11.8 Å². The summed E-state index contributed by atoms with van der Waals surface area (Å²) < 4.78 is 10.7. The Morgan fingerprint density at radius 2 is 2.62 bits per heavy atom. The van der Waals surface area contributed by atoms with Crippen LogP contribution in [0.5, 0.6) is 0 Å². The van der Waals surface area contributed by atoms with Crippen LogP contribution >= 0.6 is 11.8 Å². The SMILES string of the molecule is CC(CNCC1CCCO1)Sc1ncco1. The molecule has 4 nitrogen and oxygen atoms in total. The number of hydrogen-bond donors (Lipinski definition) is 1. The third-order valence-corrected chi connectivity index (χ3v) is 3.51. The van der Waals surface area contributed by atoms with Crippen LogP contribution in [-0.4, -0.2) is 36.0 Å². The minimum atomic E-state index is 0.416. The molecule has 1 fully saturated rings. The number of hydrogen-bond acceptors (Lipinski definition) is 5. The molecule has 0 radical (unpaired) electrons. The topological polar surface area (TPSA) is 47.3 Å². The molecule has 1 aromatic rings. The number of rotatable bonds is 6. The van der Waals surface area contributed by atoms with Gasteiger partial charge in [0.25, 0.3) is 5.22 Å². The first-order valence-electron chi connectivity index (χ1n) is 5.73. The van der Waals surface area contributed by atoms with E-state index < -0.39 is 0 Å². The summed E-state index contributed by atoms with van der Waals surface area (Å²) in [6.07, 6.45) is 6.09. The maximum absolute atomic E-state index is 5.54. The number of aromatic nitrogens is 1. The second kappa shape index (κ2) is 6.27. The predicted molar refractivity (Wildman–Crippen MR) is 63.7 cm³/mol. The largest absolute Gasteiger partial charge is 0.440 e. The van der Waals surface area contributed by atoms with E-state index in [1.165, 1.54) is 12.8 Å². The van der Waals surface area contributed by atoms with Gasteiger partial charge in [-0.25, -0.2) is 4.98 Å². The summed E-state index contributed by atoms with van der Waals surface area (Å²) in [5.41, 5.74) is 0. The van der Waals surface area contributed by atoms with Gasteiger partial charge in [-0.2, -0.15) is 0 Å². The monoisotopic (exact) mass is 242 g/mol. The van der Waals surface area contributed by atoms with Crippen molar-refractivity contribution in [3.63, 3.8) is 0 Å². The molecular weight excluding hydrogens is 224 g/mol. The Labute approximate surface area is 100 Å². The molecule has 0 spiro atoms. The van der Waals surface area contributed by atoms with Crippen molar-refractivity contribution in [3.05, 3.63) is 12.5 Å². The number of nitrogens with one attached hydrogen (secondary N) is 1. The molecule has 0 amide bonds. The van der Waals surface area contributed by atoms with E-state index in [0.717, 1.165) is 24.9 Å². The van der Waals surface area contributed by atoms with Gasteiger partial charge in [-0.3, -0.25) is 0 Å². The van der Waals surface area contributed by atoms with E-state index >= 15 is 0 Å². The van der Waals surface area contributed by atoms with Crippen molar-refractivity contribution in [2.24, 2.45) is 0 Å². The minimum Gasteiger partial charge on any atom is -0.440 e. The van der Waals surface area contributed by atoms with E-state index in [0.29, 0.717) is 11.4 Å². The van der Waals surface area contributed by atoms with E-state index in [1.807, 2.05) is 0 Å². The summed E-state index contributed by atoms with van der Waals surface area (Å²) in [7, 11) is 0. The zero-order chi connectivity index (χ0) is 11.2. The summed E-state index contributed by atoms with van der Waals surface area (Å²) in [6.45, 7) is 4.99. The van der Waals surface area contributed by atoms with Gasteiger partial charge >= 0.3 is 0 Å². The molecule has 0 saturated carbocycles.